The standard InChI is InChI=1S/C63H108O6/c1-4-7-10-13-16-19-22-25-28-30-31-33-35-38-41-44-47-50-53-56-62(65)68-59-60(58-67-61(64)55-52-49-46-43-40-37-34-27-24-21-18-15-12-9-6-3)69-63(66)57-54-51-48-45-42-39-36-32-29-26-23-20-17-14-11-8-5-2/h8,11,17,20,25-29,34,36,39,45,48,60H,4-7,9-10,12-16,18-19,21-24,30-33,35,37-38,40-44,46-47,49-59H2,1-3H3/b11-8-,20-17-,28-25-,29-26-,34-27-,39-36-,48-45-/t60-/m1/s1. The van der Waals surface area contributed by atoms with Crippen molar-refractivity contribution >= 4 is 17.9 Å². The van der Waals surface area contributed by atoms with Gasteiger partial charge in [0.05, 0.1) is 0 Å². The number of carbonyl (C=O) groups excluding carboxylic acids is 3. The van der Waals surface area contributed by atoms with Crippen LogP contribution in [0.5, 0.6) is 0 Å². The molecule has 396 valence electrons. The SMILES string of the molecule is CC/C=C\C/C=C\C/C=C\C/C=C\C/C=C\CCCC(=O)O[C@H](COC(=O)CCCCCCC/C=C\CCCCCCCC)COC(=O)CCCCCCCCCCC/C=C\CCCCCCCC. The van der Waals surface area contributed by atoms with Crippen LogP contribution in [-0.2, 0) is 28.6 Å². The fourth-order valence-corrected chi connectivity index (χ4v) is 8.00. The lowest BCUT2D eigenvalue weighted by atomic mass is 10.1. The Morgan fingerprint density at radius 1 is 0.304 bits per heavy atom. The van der Waals surface area contributed by atoms with Gasteiger partial charge in [0.2, 0.25) is 0 Å². The highest BCUT2D eigenvalue weighted by Gasteiger charge is 2.19. The summed E-state index contributed by atoms with van der Waals surface area (Å²) in [5.74, 6) is -0.966. The van der Waals surface area contributed by atoms with Crippen LogP contribution in [0.1, 0.15) is 278 Å². The molecule has 0 aliphatic carbocycles. The maximum atomic E-state index is 12.8. The quantitative estimate of drug-likeness (QED) is 0.0262. The van der Waals surface area contributed by atoms with Crippen molar-refractivity contribution in [3.63, 3.8) is 0 Å². The number of ether oxygens (including phenoxy) is 3. The number of hydrogen-bond acceptors (Lipinski definition) is 6. The molecular formula is C63H108O6. The van der Waals surface area contributed by atoms with E-state index in [9.17, 15) is 14.4 Å². The predicted molar refractivity (Wildman–Crippen MR) is 297 cm³/mol. The van der Waals surface area contributed by atoms with E-state index in [1.54, 1.807) is 0 Å². The van der Waals surface area contributed by atoms with Crippen LogP contribution in [0.25, 0.3) is 0 Å². The summed E-state index contributed by atoms with van der Waals surface area (Å²) in [7, 11) is 0. The summed E-state index contributed by atoms with van der Waals surface area (Å²) in [5.41, 5.74) is 0. The van der Waals surface area contributed by atoms with Crippen molar-refractivity contribution in [1.82, 2.24) is 0 Å². The van der Waals surface area contributed by atoms with Crippen LogP contribution in [-0.4, -0.2) is 37.2 Å². The van der Waals surface area contributed by atoms with Crippen molar-refractivity contribution in [2.75, 3.05) is 13.2 Å². The second kappa shape index (κ2) is 57.2. The molecule has 0 bridgehead atoms. The molecule has 6 heteroatoms. The average Bonchev–Trinajstić information content (AvgIpc) is 3.35. The minimum atomic E-state index is -0.811. The van der Waals surface area contributed by atoms with E-state index in [-0.39, 0.29) is 37.5 Å². The zero-order chi connectivity index (χ0) is 50.0. The maximum Gasteiger partial charge on any atom is 0.306 e. The highest BCUT2D eigenvalue weighted by Crippen LogP contribution is 2.15. The molecular weight excluding hydrogens is 853 g/mol. The van der Waals surface area contributed by atoms with Crippen molar-refractivity contribution < 1.29 is 28.6 Å². The van der Waals surface area contributed by atoms with E-state index in [0.717, 1.165) is 83.5 Å². The van der Waals surface area contributed by atoms with Crippen LogP contribution in [0.4, 0.5) is 0 Å². The number of carbonyl (C=O) groups is 3. The van der Waals surface area contributed by atoms with Crippen molar-refractivity contribution in [1.29, 1.82) is 0 Å². The van der Waals surface area contributed by atoms with Gasteiger partial charge < -0.3 is 14.2 Å². The number of esters is 3. The van der Waals surface area contributed by atoms with E-state index >= 15 is 0 Å². The summed E-state index contributed by atoms with van der Waals surface area (Å²) in [4.78, 5) is 38.1. The molecule has 0 saturated heterocycles. The highest BCUT2D eigenvalue weighted by molar-refractivity contribution is 5.71. The molecule has 1 atom stereocenters. The van der Waals surface area contributed by atoms with Gasteiger partial charge >= 0.3 is 17.9 Å². The monoisotopic (exact) mass is 961 g/mol. The first-order chi connectivity index (χ1) is 34.0. The Hall–Kier alpha value is -3.41. The molecule has 0 aromatic heterocycles. The molecule has 0 heterocycles. The summed E-state index contributed by atoms with van der Waals surface area (Å²) < 4.78 is 16.8. The number of unbranched alkanes of at least 4 members (excludes halogenated alkanes) is 27. The third-order valence-electron chi connectivity index (χ3n) is 12.4. The molecule has 6 nitrogen and oxygen atoms in total. The highest BCUT2D eigenvalue weighted by atomic mass is 16.6. The summed E-state index contributed by atoms with van der Waals surface area (Å²) in [6, 6.07) is 0. The summed E-state index contributed by atoms with van der Waals surface area (Å²) >= 11 is 0. The minimum Gasteiger partial charge on any atom is -0.462 e. The van der Waals surface area contributed by atoms with Gasteiger partial charge in [0.15, 0.2) is 6.10 Å². The minimum absolute atomic E-state index is 0.102. The Labute approximate surface area is 426 Å². The zero-order valence-corrected chi connectivity index (χ0v) is 45.3. The van der Waals surface area contributed by atoms with Gasteiger partial charge in [-0.3, -0.25) is 14.4 Å². The van der Waals surface area contributed by atoms with Crippen LogP contribution in [0, 0.1) is 0 Å². The number of allylic oxidation sites excluding steroid dienone is 14. The van der Waals surface area contributed by atoms with Crippen LogP contribution in [0.3, 0.4) is 0 Å². The third kappa shape index (κ3) is 55.4. The van der Waals surface area contributed by atoms with E-state index in [4.69, 9.17) is 14.2 Å². The smallest absolute Gasteiger partial charge is 0.306 e. The van der Waals surface area contributed by atoms with Crippen molar-refractivity contribution in [3.8, 4) is 0 Å². The molecule has 0 saturated carbocycles. The van der Waals surface area contributed by atoms with Gasteiger partial charge in [0, 0.05) is 19.3 Å². The number of rotatable bonds is 52. The first-order valence-electron chi connectivity index (χ1n) is 29.1. The summed E-state index contributed by atoms with van der Waals surface area (Å²) in [6.07, 6.45) is 74.4. The van der Waals surface area contributed by atoms with Crippen LogP contribution >= 0.6 is 0 Å². The van der Waals surface area contributed by atoms with E-state index in [0.29, 0.717) is 19.3 Å². The third-order valence-corrected chi connectivity index (χ3v) is 12.4. The van der Waals surface area contributed by atoms with E-state index in [1.807, 2.05) is 0 Å². The molecule has 0 radical (unpaired) electrons. The van der Waals surface area contributed by atoms with Gasteiger partial charge in [-0.2, -0.15) is 0 Å². The second-order valence-corrected chi connectivity index (χ2v) is 19.2. The molecule has 0 aromatic rings. The maximum absolute atomic E-state index is 12.8. The van der Waals surface area contributed by atoms with Crippen LogP contribution < -0.4 is 0 Å². The lowest BCUT2D eigenvalue weighted by Crippen LogP contribution is -2.30. The molecule has 0 rings (SSSR count). The first-order valence-corrected chi connectivity index (χ1v) is 29.1. The topological polar surface area (TPSA) is 78.9 Å². The van der Waals surface area contributed by atoms with E-state index in [1.165, 1.54) is 148 Å². The normalized spacial score (nSPS) is 12.7. The van der Waals surface area contributed by atoms with Gasteiger partial charge in [0.1, 0.15) is 13.2 Å². The Bertz CT molecular complexity index is 1330. The van der Waals surface area contributed by atoms with Gasteiger partial charge in [-0.1, -0.05) is 234 Å². The fraction of sp³-hybridized carbons (Fsp3) is 0.730. The van der Waals surface area contributed by atoms with Gasteiger partial charge in [-0.15, -0.1) is 0 Å². The molecule has 0 amide bonds. The molecule has 0 N–H and O–H groups in total. The van der Waals surface area contributed by atoms with Crippen molar-refractivity contribution in [3.05, 3.63) is 85.1 Å². The first kappa shape index (κ1) is 65.6. The predicted octanol–water partition coefficient (Wildman–Crippen LogP) is 19.5. The van der Waals surface area contributed by atoms with Crippen LogP contribution in [0.2, 0.25) is 0 Å². The van der Waals surface area contributed by atoms with Gasteiger partial charge in [0.25, 0.3) is 0 Å². The zero-order valence-electron chi connectivity index (χ0n) is 45.3. The molecule has 69 heavy (non-hydrogen) atoms. The Morgan fingerprint density at radius 3 is 0.942 bits per heavy atom. The van der Waals surface area contributed by atoms with E-state index < -0.39 is 6.10 Å². The van der Waals surface area contributed by atoms with Crippen molar-refractivity contribution in [2.24, 2.45) is 0 Å². The second-order valence-electron chi connectivity index (χ2n) is 19.2. The van der Waals surface area contributed by atoms with Crippen molar-refractivity contribution in [2.45, 2.75) is 284 Å². The van der Waals surface area contributed by atoms with E-state index in [2.05, 4.69) is 106 Å². The molecule has 0 spiro atoms. The van der Waals surface area contributed by atoms with Crippen LogP contribution in [0.15, 0.2) is 85.1 Å². The van der Waals surface area contributed by atoms with Gasteiger partial charge in [-0.25, -0.2) is 0 Å². The Kier molecular flexibility index (Phi) is 54.3. The average molecular weight is 962 g/mol. The Balaban J connectivity index is 4.46. The lowest BCUT2D eigenvalue weighted by Gasteiger charge is -2.18. The van der Waals surface area contributed by atoms with Gasteiger partial charge in [-0.05, 0) is 109 Å². The molecule has 0 aliphatic rings. The number of hydrogen-bond donors (Lipinski definition) is 0. The fourth-order valence-electron chi connectivity index (χ4n) is 8.00. The largest absolute Gasteiger partial charge is 0.462 e. The molecule has 0 aromatic carbocycles. The summed E-state index contributed by atoms with van der Waals surface area (Å²) in [5, 5.41) is 0. The molecule has 0 fully saturated rings. The summed E-state index contributed by atoms with van der Waals surface area (Å²) in [6.45, 7) is 6.48. The molecule has 0 unspecified atom stereocenters. The Morgan fingerprint density at radius 2 is 0.580 bits per heavy atom. The molecule has 0 aliphatic heterocycles. The lowest BCUT2D eigenvalue weighted by molar-refractivity contribution is -0.167.